The number of hydrogen-bond donors (Lipinski definition) is 2. The molecule has 0 amide bonds. The summed E-state index contributed by atoms with van der Waals surface area (Å²) in [7, 11) is 1.71. The zero-order valence-electron chi connectivity index (χ0n) is 10.1. The predicted octanol–water partition coefficient (Wildman–Crippen LogP) is 2.36. The normalized spacial score (nSPS) is 10.4. The van der Waals surface area contributed by atoms with Crippen LogP contribution in [0.5, 0.6) is 5.75 Å². The number of rotatable bonds is 6. The van der Waals surface area contributed by atoms with E-state index in [-0.39, 0.29) is 0 Å². The van der Waals surface area contributed by atoms with Crippen LogP contribution in [0.4, 0.5) is 0 Å². The van der Waals surface area contributed by atoms with Gasteiger partial charge in [-0.05, 0) is 36.2 Å². The summed E-state index contributed by atoms with van der Waals surface area (Å²) in [5.41, 5.74) is 2.53. The monoisotopic (exact) mass is 230 g/mol. The Morgan fingerprint density at radius 3 is 2.88 bits per heavy atom. The molecule has 0 saturated carbocycles. The molecule has 0 aliphatic rings. The maximum Gasteiger partial charge on any atom is 0.122 e. The fourth-order valence-corrected chi connectivity index (χ4v) is 1.83. The van der Waals surface area contributed by atoms with Gasteiger partial charge in [-0.25, -0.2) is 0 Å². The third kappa shape index (κ3) is 3.36. The van der Waals surface area contributed by atoms with E-state index in [1.807, 2.05) is 30.6 Å². The highest BCUT2D eigenvalue weighted by Gasteiger charge is 2.00. The van der Waals surface area contributed by atoms with Crippen molar-refractivity contribution >= 4 is 0 Å². The topological polar surface area (TPSA) is 37.0 Å². The van der Waals surface area contributed by atoms with Crippen molar-refractivity contribution in [1.29, 1.82) is 0 Å². The van der Waals surface area contributed by atoms with Crippen LogP contribution in [0.2, 0.25) is 0 Å². The van der Waals surface area contributed by atoms with Crippen LogP contribution in [0.25, 0.3) is 0 Å². The average Bonchev–Trinajstić information content (AvgIpc) is 2.88. The standard InChI is InChI=1S/C14H18N2O/c1-17-14-5-3-2-4-13(14)7-9-16-11-12-6-8-15-10-12/h2-6,8,10,15-16H,7,9,11H2,1H3. The van der Waals surface area contributed by atoms with Gasteiger partial charge < -0.3 is 15.0 Å². The first-order valence-electron chi connectivity index (χ1n) is 5.84. The van der Waals surface area contributed by atoms with Gasteiger partial charge in [-0.3, -0.25) is 0 Å². The van der Waals surface area contributed by atoms with Crippen LogP contribution in [-0.2, 0) is 13.0 Å². The van der Waals surface area contributed by atoms with Gasteiger partial charge in [0.15, 0.2) is 0 Å². The van der Waals surface area contributed by atoms with E-state index in [1.165, 1.54) is 11.1 Å². The summed E-state index contributed by atoms with van der Waals surface area (Å²) in [4.78, 5) is 3.05. The molecule has 0 atom stereocenters. The van der Waals surface area contributed by atoms with Crippen LogP contribution < -0.4 is 10.1 Å². The van der Waals surface area contributed by atoms with Gasteiger partial charge in [-0.1, -0.05) is 18.2 Å². The summed E-state index contributed by atoms with van der Waals surface area (Å²) in [6, 6.07) is 10.2. The Bertz CT molecular complexity index is 437. The first kappa shape index (κ1) is 11.7. The molecule has 1 aromatic heterocycles. The second-order valence-corrected chi connectivity index (χ2v) is 3.96. The molecule has 0 bridgehead atoms. The lowest BCUT2D eigenvalue weighted by Gasteiger charge is -2.08. The lowest BCUT2D eigenvalue weighted by molar-refractivity contribution is 0.409. The summed E-state index contributed by atoms with van der Waals surface area (Å²) in [5, 5.41) is 3.41. The zero-order valence-corrected chi connectivity index (χ0v) is 10.1. The van der Waals surface area contributed by atoms with Crippen LogP contribution in [0.3, 0.4) is 0 Å². The third-order valence-corrected chi connectivity index (χ3v) is 2.76. The van der Waals surface area contributed by atoms with E-state index in [2.05, 4.69) is 22.4 Å². The van der Waals surface area contributed by atoms with Gasteiger partial charge in [-0.15, -0.1) is 0 Å². The number of para-hydroxylation sites is 1. The van der Waals surface area contributed by atoms with Crippen molar-refractivity contribution in [2.75, 3.05) is 13.7 Å². The molecular weight excluding hydrogens is 212 g/mol. The number of hydrogen-bond acceptors (Lipinski definition) is 2. The summed E-state index contributed by atoms with van der Waals surface area (Å²) in [6.07, 6.45) is 4.93. The van der Waals surface area contributed by atoms with Crippen molar-refractivity contribution in [2.24, 2.45) is 0 Å². The molecule has 1 aromatic carbocycles. The highest BCUT2D eigenvalue weighted by atomic mass is 16.5. The van der Waals surface area contributed by atoms with E-state index >= 15 is 0 Å². The number of aromatic nitrogens is 1. The van der Waals surface area contributed by atoms with Crippen molar-refractivity contribution in [1.82, 2.24) is 10.3 Å². The maximum atomic E-state index is 5.32. The van der Waals surface area contributed by atoms with E-state index in [0.717, 1.165) is 25.3 Å². The molecule has 2 aromatic rings. The summed E-state index contributed by atoms with van der Waals surface area (Å²) in [6.45, 7) is 1.85. The average molecular weight is 230 g/mol. The molecule has 90 valence electrons. The largest absolute Gasteiger partial charge is 0.496 e. The Morgan fingerprint density at radius 1 is 1.24 bits per heavy atom. The van der Waals surface area contributed by atoms with Gasteiger partial charge in [0.1, 0.15) is 5.75 Å². The number of ether oxygens (including phenoxy) is 1. The number of aromatic amines is 1. The van der Waals surface area contributed by atoms with Crippen molar-refractivity contribution < 1.29 is 4.74 Å². The second-order valence-electron chi connectivity index (χ2n) is 3.96. The first-order chi connectivity index (χ1) is 8.40. The molecule has 0 aliphatic carbocycles. The molecule has 3 nitrogen and oxygen atoms in total. The Balaban J connectivity index is 1.78. The smallest absolute Gasteiger partial charge is 0.122 e. The lowest BCUT2D eigenvalue weighted by atomic mass is 10.1. The molecule has 3 heteroatoms. The number of methoxy groups -OCH3 is 1. The second kappa shape index (κ2) is 6.11. The van der Waals surface area contributed by atoms with Crippen LogP contribution in [0.15, 0.2) is 42.7 Å². The van der Waals surface area contributed by atoms with Crippen molar-refractivity contribution in [3.05, 3.63) is 53.9 Å². The molecule has 1 heterocycles. The van der Waals surface area contributed by atoms with E-state index in [0.29, 0.717) is 0 Å². The zero-order chi connectivity index (χ0) is 11.9. The summed E-state index contributed by atoms with van der Waals surface area (Å²) in [5.74, 6) is 0.968. The molecule has 0 radical (unpaired) electrons. The van der Waals surface area contributed by atoms with Gasteiger partial charge in [0.05, 0.1) is 7.11 Å². The van der Waals surface area contributed by atoms with E-state index in [1.54, 1.807) is 7.11 Å². The van der Waals surface area contributed by atoms with Gasteiger partial charge in [0.25, 0.3) is 0 Å². The van der Waals surface area contributed by atoms with Crippen LogP contribution in [-0.4, -0.2) is 18.6 Å². The van der Waals surface area contributed by atoms with Crippen molar-refractivity contribution in [3.63, 3.8) is 0 Å². The molecule has 0 unspecified atom stereocenters. The molecule has 17 heavy (non-hydrogen) atoms. The molecule has 0 spiro atoms. The lowest BCUT2D eigenvalue weighted by Crippen LogP contribution is -2.16. The SMILES string of the molecule is COc1ccccc1CCNCc1cc[nH]c1. The Hall–Kier alpha value is -1.74. The Kier molecular flexibility index (Phi) is 4.22. The van der Waals surface area contributed by atoms with E-state index < -0.39 is 0 Å². The van der Waals surface area contributed by atoms with Crippen LogP contribution >= 0.6 is 0 Å². The first-order valence-corrected chi connectivity index (χ1v) is 5.84. The fourth-order valence-electron chi connectivity index (χ4n) is 1.83. The van der Waals surface area contributed by atoms with Gasteiger partial charge in [0.2, 0.25) is 0 Å². The maximum absolute atomic E-state index is 5.32. The number of benzene rings is 1. The minimum Gasteiger partial charge on any atom is -0.496 e. The minimum absolute atomic E-state index is 0.901. The minimum atomic E-state index is 0.901. The van der Waals surface area contributed by atoms with E-state index in [4.69, 9.17) is 4.74 Å². The van der Waals surface area contributed by atoms with Gasteiger partial charge >= 0.3 is 0 Å². The molecular formula is C14H18N2O. The fraction of sp³-hybridized carbons (Fsp3) is 0.286. The summed E-state index contributed by atoms with van der Waals surface area (Å²) < 4.78 is 5.32. The molecule has 0 fully saturated rings. The third-order valence-electron chi connectivity index (χ3n) is 2.76. The van der Waals surface area contributed by atoms with Gasteiger partial charge in [0, 0.05) is 18.9 Å². The molecule has 0 aliphatic heterocycles. The highest BCUT2D eigenvalue weighted by Crippen LogP contribution is 2.17. The number of nitrogens with one attached hydrogen (secondary N) is 2. The Labute approximate surface area is 102 Å². The van der Waals surface area contributed by atoms with Crippen LogP contribution in [0, 0.1) is 0 Å². The molecule has 0 saturated heterocycles. The predicted molar refractivity (Wildman–Crippen MR) is 69.2 cm³/mol. The van der Waals surface area contributed by atoms with E-state index in [9.17, 15) is 0 Å². The summed E-state index contributed by atoms with van der Waals surface area (Å²) >= 11 is 0. The molecule has 2 rings (SSSR count). The van der Waals surface area contributed by atoms with Crippen molar-refractivity contribution in [3.8, 4) is 5.75 Å². The van der Waals surface area contributed by atoms with Crippen molar-refractivity contribution in [2.45, 2.75) is 13.0 Å². The Morgan fingerprint density at radius 2 is 2.12 bits per heavy atom. The molecule has 2 N–H and O–H groups in total. The quantitative estimate of drug-likeness (QED) is 0.747. The van der Waals surface area contributed by atoms with Gasteiger partial charge in [-0.2, -0.15) is 0 Å². The highest BCUT2D eigenvalue weighted by molar-refractivity contribution is 5.33. The van der Waals surface area contributed by atoms with Crippen LogP contribution in [0.1, 0.15) is 11.1 Å². The number of H-pyrrole nitrogens is 1.